The summed E-state index contributed by atoms with van der Waals surface area (Å²) in [6.45, 7) is 6.20. The first kappa shape index (κ1) is 21.9. The SMILES string of the molecule is CNCC(=O)N1CCCC(c2cc(N3CCCC3)nc(C)n2)C1.Cl.Cl. The molecule has 3 heterocycles. The second-order valence-corrected chi connectivity index (χ2v) is 6.60. The van der Waals surface area contributed by atoms with Gasteiger partial charge < -0.3 is 15.1 Å². The van der Waals surface area contributed by atoms with Gasteiger partial charge in [-0.2, -0.15) is 0 Å². The number of nitrogens with one attached hydrogen (secondary N) is 1. The number of likely N-dealkylation sites (N-methyl/N-ethyl adjacent to an activating group) is 1. The zero-order valence-electron chi connectivity index (χ0n) is 15.0. The molecule has 1 aromatic rings. The van der Waals surface area contributed by atoms with Crippen molar-refractivity contribution in [1.29, 1.82) is 0 Å². The van der Waals surface area contributed by atoms with Gasteiger partial charge in [0.15, 0.2) is 0 Å². The molecule has 2 saturated heterocycles. The van der Waals surface area contributed by atoms with Gasteiger partial charge in [-0.1, -0.05) is 0 Å². The molecule has 2 aliphatic heterocycles. The Labute approximate surface area is 162 Å². The number of aromatic nitrogens is 2. The number of piperidine rings is 1. The number of aryl methyl sites for hydroxylation is 1. The first-order valence-corrected chi connectivity index (χ1v) is 8.70. The van der Waals surface area contributed by atoms with E-state index in [1.54, 1.807) is 0 Å². The second kappa shape index (κ2) is 10.1. The fourth-order valence-electron chi connectivity index (χ4n) is 3.60. The predicted octanol–water partition coefficient (Wildman–Crippen LogP) is 2.15. The van der Waals surface area contributed by atoms with E-state index in [2.05, 4.69) is 26.3 Å². The molecule has 6 nitrogen and oxygen atoms in total. The minimum absolute atomic E-state index is 0. The van der Waals surface area contributed by atoms with Crippen LogP contribution in [0.5, 0.6) is 0 Å². The van der Waals surface area contributed by atoms with E-state index in [1.807, 2.05) is 18.9 Å². The van der Waals surface area contributed by atoms with Crippen molar-refractivity contribution in [3.05, 3.63) is 17.6 Å². The van der Waals surface area contributed by atoms with E-state index in [1.165, 1.54) is 12.8 Å². The Morgan fingerprint density at radius 2 is 1.92 bits per heavy atom. The van der Waals surface area contributed by atoms with E-state index in [9.17, 15) is 4.79 Å². The van der Waals surface area contributed by atoms with Gasteiger partial charge in [-0.15, -0.1) is 24.8 Å². The summed E-state index contributed by atoms with van der Waals surface area (Å²) >= 11 is 0. The van der Waals surface area contributed by atoms with E-state index < -0.39 is 0 Å². The van der Waals surface area contributed by atoms with Crippen LogP contribution in [0.1, 0.15) is 43.1 Å². The van der Waals surface area contributed by atoms with Crippen LogP contribution in [0.25, 0.3) is 0 Å². The molecule has 0 saturated carbocycles. The third-order valence-corrected chi connectivity index (χ3v) is 4.79. The first-order valence-electron chi connectivity index (χ1n) is 8.70. The van der Waals surface area contributed by atoms with Crippen LogP contribution in [0.4, 0.5) is 5.82 Å². The molecule has 0 radical (unpaired) electrons. The molecule has 8 heteroatoms. The summed E-state index contributed by atoms with van der Waals surface area (Å²) in [5.74, 6) is 2.40. The molecule has 0 spiro atoms. The number of amides is 1. The highest BCUT2D eigenvalue weighted by molar-refractivity contribution is 5.85. The summed E-state index contributed by atoms with van der Waals surface area (Å²) in [6, 6.07) is 2.15. The largest absolute Gasteiger partial charge is 0.357 e. The van der Waals surface area contributed by atoms with Crippen LogP contribution in [0, 0.1) is 6.92 Å². The number of anilines is 1. The van der Waals surface area contributed by atoms with Crippen molar-refractivity contribution in [3.8, 4) is 0 Å². The van der Waals surface area contributed by atoms with E-state index in [4.69, 9.17) is 0 Å². The van der Waals surface area contributed by atoms with Crippen LogP contribution in [0.15, 0.2) is 6.07 Å². The zero-order chi connectivity index (χ0) is 16.2. The molecule has 1 unspecified atom stereocenters. The van der Waals surface area contributed by atoms with Gasteiger partial charge in [0.25, 0.3) is 0 Å². The Kier molecular flexibility index (Phi) is 8.89. The highest BCUT2D eigenvalue weighted by Crippen LogP contribution is 2.28. The summed E-state index contributed by atoms with van der Waals surface area (Å²) in [5, 5.41) is 2.95. The van der Waals surface area contributed by atoms with Crippen LogP contribution in [0.3, 0.4) is 0 Å². The maximum absolute atomic E-state index is 12.1. The van der Waals surface area contributed by atoms with E-state index in [0.29, 0.717) is 12.5 Å². The Hall–Kier alpha value is -1.11. The molecule has 2 aliphatic rings. The fourth-order valence-corrected chi connectivity index (χ4v) is 3.60. The zero-order valence-corrected chi connectivity index (χ0v) is 16.7. The molecule has 142 valence electrons. The smallest absolute Gasteiger partial charge is 0.236 e. The normalized spacial score (nSPS) is 20.0. The van der Waals surface area contributed by atoms with Gasteiger partial charge in [-0.25, -0.2) is 9.97 Å². The van der Waals surface area contributed by atoms with Crippen molar-refractivity contribution >= 4 is 36.5 Å². The number of halogens is 2. The average Bonchev–Trinajstić information content (AvgIpc) is 3.09. The van der Waals surface area contributed by atoms with Crippen molar-refractivity contribution in [2.75, 3.05) is 44.7 Å². The van der Waals surface area contributed by atoms with Crippen molar-refractivity contribution in [2.24, 2.45) is 0 Å². The molecule has 0 aliphatic carbocycles. The summed E-state index contributed by atoms with van der Waals surface area (Å²) in [6.07, 6.45) is 4.63. The number of hydrogen-bond acceptors (Lipinski definition) is 5. The van der Waals surface area contributed by atoms with Crippen LogP contribution < -0.4 is 10.2 Å². The highest BCUT2D eigenvalue weighted by Gasteiger charge is 2.26. The van der Waals surface area contributed by atoms with E-state index in [0.717, 1.165) is 56.4 Å². The molecule has 25 heavy (non-hydrogen) atoms. The lowest BCUT2D eigenvalue weighted by Crippen LogP contribution is -2.43. The molecular weight excluding hydrogens is 361 g/mol. The molecule has 1 N–H and O–H groups in total. The van der Waals surface area contributed by atoms with Gasteiger partial charge in [-0.05, 0) is 39.7 Å². The minimum Gasteiger partial charge on any atom is -0.357 e. The maximum Gasteiger partial charge on any atom is 0.236 e. The van der Waals surface area contributed by atoms with Crippen molar-refractivity contribution in [2.45, 2.75) is 38.5 Å². The topological polar surface area (TPSA) is 61.4 Å². The lowest BCUT2D eigenvalue weighted by atomic mass is 9.94. The van der Waals surface area contributed by atoms with Crippen molar-refractivity contribution in [3.63, 3.8) is 0 Å². The van der Waals surface area contributed by atoms with Crippen LogP contribution in [0.2, 0.25) is 0 Å². The summed E-state index contributed by atoms with van der Waals surface area (Å²) in [4.78, 5) is 25.8. The molecule has 1 aromatic heterocycles. The molecule has 0 aromatic carbocycles. The monoisotopic (exact) mass is 389 g/mol. The third-order valence-electron chi connectivity index (χ3n) is 4.79. The Morgan fingerprint density at radius 3 is 2.60 bits per heavy atom. The molecule has 1 amide bonds. The number of hydrogen-bond donors (Lipinski definition) is 1. The van der Waals surface area contributed by atoms with Gasteiger partial charge in [0.05, 0.1) is 12.2 Å². The average molecular weight is 390 g/mol. The standard InChI is InChI=1S/C17H27N5O.2ClH/c1-13-19-15(10-16(20-13)21-7-3-4-8-21)14-6-5-9-22(12-14)17(23)11-18-2;;/h10,14,18H,3-9,11-12H2,1-2H3;2*1H. The predicted molar refractivity (Wildman–Crippen MR) is 105 cm³/mol. The number of likely N-dealkylation sites (tertiary alicyclic amines) is 1. The van der Waals surface area contributed by atoms with Crippen molar-refractivity contribution in [1.82, 2.24) is 20.2 Å². The van der Waals surface area contributed by atoms with Crippen LogP contribution in [-0.2, 0) is 4.79 Å². The lowest BCUT2D eigenvalue weighted by molar-refractivity contribution is -0.131. The number of carbonyl (C=O) groups excluding carboxylic acids is 1. The van der Waals surface area contributed by atoms with Gasteiger partial charge in [0, 0.05) is 38.2 Å². The maximum atomic E-state index is 12.1. The van der Waals surface area contributed by atoms with Crippen molar-refractivity contribution < 1.29 is 4.79 Å². The lowest BCUT2D eigenvalue weighted by Gasteiger charge is -2.33. The van der Waals surface area contributed by atoms with Crippen LogP contribution >= 0.6 is 24.8 Å². The fraction of sp³-hybridized carbons (Fsp3) is 0.706. The molecular formula is C17H29Cl2N5O. The number of nitrogens with zero attached hydrogens (tertiary/aromatic N) is 4. The van der Waals surface area contributed by atoms with Gasteiger partial charge >= 0.3 is 0 Å². The molecule has 3 rings (SSSR count). The Bertz CT molecular complexity index is 566. The summed E-state index contributed by atoms with van der Waals surface area (Å²) in [5.41, 5.74) is 1.10. The molecule has 2 fully saturated rings. The second-order valence-electron chi connectivity index (χ2n) is 6.60. The first-order chi connectivity index (χ1) is 11.2. The molecule has 1 atom stereocenters. The summed E-state index contributed by atoms with van der Waals surface area (Å²) in [7, 11) is 1.81. The van der Waals surface area contributed by atoms with Gasteiger partial charge in [0.1, 0.15) is 11.6 Å². The molecule has 0 bridgehead atoms. The Morgan fingerprint density at radius 1 is 1.20 bits per heavy atom. The van der Waals surface area contributed by atoms with Gasteiger partial charge in [0.2, 0.25) is 5.91 Å². The number of carbonyl (C=O) groups is 1. The van der Waals surface area contributed by atoms with E-state index in [-0.39, 0.29) is 30.7 Å². The Balaban J connectivity index is 0.00000156. The number of rotatable bonds is 4. The quantitative estimate of drug-likeness (QED) is 0.854. The highest BCUT2D eigenvalue weighted by atomic mass is 35.5. The minimum atomic E-state index is 0. The van der Waals surface area contributed by atoms with E-state index >= 15 is 0 Å². The summed E-state index contributed by atoms with van der Waals surface area (Å²) < 4.78 is 0. The third kappa shape index (κ3) is 5.43. The van der Waals surface area contributed by atoms with Gasteiger partial charge in [-0.3, -0.25) is 4.79 Å². The van der Waals surface area contributed by atoms with Crippen LogP contribution in [-0.4, -0.2) is 60.5 Å².